The van der Waals surface area contributed by atoms with E-state index in [0.29, 0.717) is 36.2 Å². The molecule has 1 saturated heterocycles. The number of aliphatic hydroxyl groups is 1. The maximum atomic E-state index is 9.45. The standard InChI is InChI=1S/C11H13N5O2/c1-6-12-3-2-8(14-6)10-15-11(18-16-10)9-4-7(17)5-13-9/h2-3,7,9,13,17H,4-5H2,1H3/t7-,9+/m1/s1. The van der Waals surface area contributed by atoms with Crippen molar-refractivity contribution < 1.29 is 9.63 Å². The van der Waals surface area contributed by atoms with Crippen LogP contribution in [0.4, 0.5) is 0 Å². The van der Waals surface area contributed by atoms with Gasteiger partial charge in [-0.1, -0.05) is 5.16 Å². The Hall–Kier alpha value is -1.86. The number of β-amino-alcohol motifs (C(OH)–C–C–N with tert-alkyl or cyclic N) is 1. The van der Waals surface area contributed by atoms with Crippen LogP contribution in [0.15, 0.2) is 16.8 Å². The van der Waals surface area contributed by atoms with Crippen LogP contribution in [0, 0.1) is 6.92 Å². The lowest BCUT2D eigenvalue weighted by Gasteiger charge is -2.01. The van der Waals surface area contributed by atoms with Crippen molar-refractivity contribution >= 4 is 0 Å². The fourth-order valence-electron chi connectivity index (χ4n) is 1.97. The van der Waals surface area contributed by atoms with E-state index >= 15 is 0 Å². The van der Waals surface area contributed by atoms with Crippen molar-refractivity contribution in [2.75, 3.05) is 6.54 Å². The summed E-state index contributed by atoms with van der Waals surface area (Å²) in [5, 5.41) is 16.5. The van der Waals surface area contributed by atoms with Gasteiger partial charge in [0.1, 0.15) is 11.5 Å². The molecule has 0 amide bonds. The molecule has 2 N–H and O–H groups in total. The van der Waals surface area contributed by atoms with E-state index in [4.69, 9.17) is 4.52 Å². The van der Waals surface area contributed by atoms with Crippen LogP contribution in [-0.2, 0) is 0 Å². The number of nitrogens with zero attached hydrogens (tertiary/aromatic N) is 4. The van der Waals surface area contributed by atoms with Crippen LogP contribution in [0.2, 0.25) is 0 Å². The quantitative estimate of drug-likeness (QED) is 0.784. The van der Waals surface area contributed by atoms with Crippen LogP contribution >= 0.6 is 0 Å². The van der Waals surface area contributed by atoms with Gasteiger partial charge in [-0.15, -0.1) is 0 Å². The fourth-order valence-corrected chi connectivity index (χ4v) is 1.97. The Bertz CT molecular complexity index is 556. The highest BCUT2D eigenvalue weighted by atomic mass is 16.5. The van der Waals surface area contributed by atoms with Crippen molar-refractivity contribution in [1.29, 1.82) is 0 Å². The largest absolute Gasteiger partial charge is 0.392 e. The van der Waals surface area contributed by atoms with E-state index in [1.165, 1.54) is 0 Å². The maximum Gasteiger partial charge on any atom is 0.244 e. The molecule has 3 heterocycles. The zero-order chi connectivity index (χ0) is 12.5. The number of aryl methyl sites for hydroxylation is 1. The van der Waals surface area contributed by atoms with Gasteiger partial charge < -0.3 is 14.9 Å². The molecule has 1 fully saturated rings. The van der Waals surface area contributed by atoms with Crippen LogP contribution in [-0.4, -0.2) is 37.9 Å². The molecule has 0 aliphatic carbocycles. The Labute approximate surface area is 103 Å². The van der Waals surface area contributed by atoms with Crippen molar-refractivity contribution in [3.05, 3.63) is 24.0 Å². The smallest absolute Gasteiger partial charge is 0.244 e. The molecule has 0 bridgehead atoms. The first-order chi connectivity index (χ1) is 8.72. The predicted octanol–water partition coefficient (Wildman–Crippen LogP) is 0.230. The molecule has 94 valence electrons. The molecule has 7 heteroatoms. The Morgan fingerprint density at radius 2 is 2.33 bits per heavy atom. The van der Waals surface area contributed by atoms with E-state index in [2.05, 4.69) is 25.4 Å². The van der Waals surface area contributed by atoms with Crippen LogP contribution in [0.1, 0.15) is 24.2 Å². The topological polar surface area (TPSA) is 97.0 Å². The van der Waals surface area contributed by atoms with Crippen LogP contribution in [0.3, 0.4) is 0 Å². The van der Waals surface area contributed by atoms with Crippen molar-refractivity contribution in [2.45, 2.75) is 25.5 Å². The van der Waals surface area contributed by atoms with Gasteiger partial charge in [-0.25, -0.2) is 9.97 Å². The van der Waals surface area contributed by atoms with E-state index in [9.17, 15) is 5.11 Å². The van der Waals surface area contributed by atoms with Crippen LogP contribution in [0.5, 0.6) is 0 Å². The van der Waals surface area contributed by atoms with Crippen molar-refractivity contribution in [3.63, 3.8) is 0 Å². The molecular weight excluding hydrogens is 234 g/mol. The minimum atomic E-state index is -0.355. The number of hydrogen-bond donors (Lipinski definition) is 2. The summed E-state index contributed by atoms with van der Waals surface area (Å²) in [7, 11) is 0. The molecule has 2 atom stereocenters. The molecule has 0 aromatic carbocycles. The SMILES string of the molecule is Cc1nccc(-c2noc([C@@H]3C[C@@H](O)CN3)n2)n1. The molecule has 2 aromatic rings. The maximum absolute atomic E-state index is 9.45. The number of hydrogen-bond acceptors (Lipinski definition) is 7. The molecule has 0 spiro atoms. The second-order valence-electron chi connectivity index (χ2n) is 4.30. The lowest BCUT2D eigenvalue weighted by Crippen LogP contribution is -2.15. The number of aliphatic hydroxyl groups excluding tert-OH is 1. The second-order valence-corrected chi connectivity index (χ2v) is 4.30. The number of nitrogens with one attached hydrogen (secondary N) is 1. The summed E-state index contributed by atoms with van der Waals surface area (Å²) >= 11 is 0. The third-order valence-corrected chi connectivity index (χ3v) is 2.85. The first kappa shape index (κ1) is 11.2. The highest BCUT2D eigenvalue weighted by Crippen LogP contribution is 2.23. The molecule has 0 radical (unpaired) electrons. The van der Waals surface area contributed by atoms with Gasteiger partial charge >= 0.3 is 0 Å². The van der Waals surface area contributed by atoms with Crippen molar-refractivity contribution in [3.8, 4) is 11.5 Å². The molecular formula is C11H13N5O2. The normalized spacial score (nSPS) is 23.4. The minimum Gasteiger partial charge on any atom is -0.392 e. The minimum absolute atomic E-state index is 0.0795. The zero-order valence-electron chi connectivity index (χ0n) is 9.87. The van der Waals surface area contributed by atoms with Gasteiger partial charge in [0, 0.05) is 12.7 Å². The van der Waals surface area contributed by atoms with Gasteiger partial charge in [0.05, 0.1) is 12.1 Å². The summed E-state index contributed by atoms with van der Waals surface area (Å²) in [5.74, 6) is 1.59. The summed E-state index contributed by atoms with van der Waals surface area (Å²) in [6.07, 6.45) is 1.89. The summed E-state index contributed by atoms with van der Waals surface area (Å²) in [6.45, 7) is 2.36. The van der Waals surface area contributed by atoms with Gasteiger partial charge in [0.15, 0.2) is 0 Å². The Balaban J connectivity index is 1.85. The average molecular weight is 247 g/mol. The summed E-state index contributed by atoms with van der Waals surface area (Å²) < 4.78 is 5.20. The summed E-state index contributed by atoms with van der Waals surface area (Å²) in [5.41, 5.74) is 0.635. The van der Waals surface area contributed by atoms with E-state index in [1.54, 1.807) is 19.2 Å². The lowest BCUT2D eigenvalue weighted by atomic mass is 10.2. The molecule has 1 aliphatic rings. The molecule has 0 saturated carbocycles. The molecule has 0 unspecified atom stereocenters. The van der Waals surface area contributed by atoms with Gasteiger partial charge in [0.25, 0.3) is 0 Å². The van der Waals surface area contributed by atoms with Crippen LogP contribution in [0.25, 0.3) is 11.5 Å². The first-order valence-electron chi connectivity index (χ1n) is 5.77. The summed E-state index contributed by atoms with van der Waals surface area (Å²) in [6, 6.07) is 1.66. The monoisotopic (exact) mass is 247 g/mol. The molecule has 3 rings (SSSR count). The number of rotatable bonds is 2. The Morgan fingerprint density at radius 3 is 3.06 bits per heavy atom. The second kappa shape index (κ2) is 4.43. The number of aromatic nitrogens is 4. The molecule has 18 heavy (non-hydrogen) atoms. The van der Waals surface area contributed by atoms with Crippen LogP contribution < -0.4 is 5.32 Å². The highest BCUT2D eigenvalue weighted by molar-refractivity contribution is 5.47. The molecule has 7 nitrogen and oxygen atoms in total. The predicted molar refractivity (Wildman–Crippen MR) is 61.4 cm³/mol. The summed E-state index contributed by atoms with van der Waals surface area (Å²) in [4.78, 5) is 12.5. The van der Waals surface area contributed by atoms with Gasteiger partial charge in [-0.05, 0) is 19.4 Å². The average Bonchev–Trinajstić information content (AvgIpc) is 2.97. The fraction of sp³-hybridized carbons (Fsp3) is 0.455. The van der Waals surface area contributed by atoms with Gasteiger partial charge in [-0.3, -0.25) is 0 Å². The Morgan fingerprint density at radius 1 is 1.44 bits per heavy atom. The molecule has 1 aliphatic heterocycles. The van der Waals surface area contributed by atoms with E-state index in [1.807, 2.05) is 0 Å². The third-order valence-electron chi connectivity index (χ3n) is 2.85. The van der Waals surface area contributed by atoms with E-state index in [-0.39, 0.29) is 12.1 Å². The lowest BCUT2D eigenvalue weighted by molar-refractivity contribution is 0.191. The van der Waals surface area contributed by atoms with Crippen molar-refractivity contribution in [2.24, 2.45) is 0 Å². The van der Waals surface area contributed by atoms with Gasteiger partial charge in [-0.2, -0.15) is 4.98 Å². The zero-order valence-corrected chi connectivity index (χ0v) is 9.87. The first-order valence-corrected chi connectivity index (χ1v) is 5.77. The highest BCUT2D eigenvalue weighted by Gasteiger charge is 2.28. The van der Waals surface area contributed by atoms with Gasteiger partial charge in [0.2, 0.25) is 11.7 Å². The Kier molecular flexibility index (Phi) is 2.77. The van der Waals surface area contributed by atoms with E-state index < -0.39 is 0 Å². The molecule has 2 aromatic heterocycles. The van der Waals surface area contributed by atoms with Crippen molar-refractivity contribution in [1.82, 2.24) is 25.4 Å². The van der Waals surface area contributed by atoms with E-state index in [0.717, 1.165) is 0 Å². The third kappa shape index (κ3) is 2.09.